The minimum atomic E-state index is -0.285. The predicted molar refractivity (Wildman–Crippen MR) is 68.2 cm³/mol. The van der Waals surface area contributed by atoms with Crippen molar-refractivity contribution in [2.75, 3.05) is 37.8 Å². The SMILES string of the molecule is Cc1cc([C@@H](N)CO)ccc1N1CCOCC1. The van der Waals surface area contributed by atoms with Crippen molar-refractivity contribution in [3.63, 3.8) is 0 Å². The summed E-state index contributed by atoms with van der Waals surface area (Å²) in [6, 6.07) is 5.86. The van der Waals surface area contributed by atoms with Crippen molar-refractivity contribution in [1.29, 1.82) is 0 Å². The summed E-state index contributed by atoms with van der Waals surface area (Å²) >= 11 is 0. The third-order valence-corrected chi connectivity index (χ3v) is 3.20. The van der Waals surface area contributed by atoms with Crippen LogP contribution in [0.15, 0.2) is 18.2 Å². The van der Waals surface area contributed by atoms with Crippen molar-refractivity contribution >= 4 is 5.69 Å². The predicted octanol–water partition coefficient (Wildman–Crippen LogP) is 0.824. The molecule has 0 spiro atoms. The van der Waals surface area contributed by atoms with E-state index in [0.717, 1.165) is 31.9 Å². The number of ether oxygens (including phenoxy) is 1. The molecule has 0 unspecified atom stereocenters. The van der Waals surface area contributed by atoms with E-state index < -0.39 is 0 Å². The molecule has 0 amide bonds. The lowest BCUT2D eigenvalue weighted by atomic mass is 10.0. The summed E-state index contributed by atoms with van der Waals surface area (Å²) in [7, 11) is 0. The van der Waals surface area contributed by atoms with Gasteiger partial charge >= 0.3 is 0 Å². The average Bonchev–Trinajstić information content (AvgIpc) is 2.38. The van der Waals surface area contributed by atoms with Gasteiger partial charge in [-0.2, -0.15) is 0 Å². The highest BCUT2D eigenvalue weighted by atomic mass is 16.5. The summed E-state index contributed by atoms with van der Waals surface area (Å²) in [5.41, 5.74) is 9.24. The van der Waals surface area contributed by atoms with Crippen LogP contribution in [0.4, 0.5) is 5.69 Å². The van der Waals surface area contributed by atoms with Gasteiger partial charge in [-0.05, 0) is 24.1 Å². The zero-order valence-electron chi connectivity index (χ0n) is 10.2. The number of nitrogens with zero attached hydrogens (tertiary/aromatic N) is 1. The third kappa shape index (κ3) is 2.77. The fraction of sp³-hybridized carbons (Fsp3) is 0.538. The van der Waals surface area contributed by atoms with E-state index in [0.29, 0.717) is 0 Å². The van der Waals surface area contributed by atoms with E-state index in [2.05, 4.69) is 24.0 Å². The Labute approximate surface area is 102 Å². The fourth-order valence-electron chi connectivity index (χ4n) is 2.17. The summed E-state index contributed by atoms with van der Waals surface area (Å²) in [6.45, 7) is 5.52. The normalized spacial score (nSPS) is 18.2. The van der Waals surface area contributed by atoms with Gasteiger partial charge in [-0.1, -0.05) is 12.1 Å². The minimum Gasteiger partial charge on any atom is -0.394 e. The van der Waals surface area contributed by atoms with E-state index in [9.17, 15) is 0 Å². The standard InChI is InChI=1S/C13H20N2O2/c1-10-8-11(12(14)9-16)2-3-13(10)15-4-6-17-7-5-15/h2-3,8,12,16H,4-7,9,14H2,1H3/t12-/m0/s1. The maximum Gasteiger partial charge on any atom is 0.0642 e. The first-order chi connectivity index (χ1) is 8.22. The number of anilines is 1. The molecule has 1 aromatic carbocycles. The first-order valence-electron chi connectivity index (χ1n) is 6.02. The molecular weight excluding hydrogens is 216 g/mol. The maximum absolute atomic E-state index is 9.05. The van der Waals surface area contributed by atoms with Crippen LogP contribution < -0.4 is 10.6 Å². The van der Waals surface area contributed by atoms with E-state index >= 15 is 0 Å². The zero-order chi connectivity index (χ0) is 12.3. The Hall–Kier alpha value is -1.10. The Balaban J connectivity index is 2.18. The van der Waals surface area contributed by atoms with E-state index in [-0.39, 0.29) is 12.6 Å². The van der Waals surface area contributed by atoms with Crippen LogP contribution in [-0.4, -0.2) is 38.0 Å². The molecule has 1 heterocycles. The molecule has 2 rings (SSSR count). The molecule has 17 heavy (non-hydrogen) atoms. The van der Waals surface area contributed by atoms with Crippen LogP contribution >= 0.6 is 0 Å². The molecule has 0 aliphatic carbocycles. The highest BCUT2D eigenvalue weighted by Crippen LogP contribution is 2.24. The lowest BCUT2D eigenvalue weighted by Crippen LogP contribution is -2.36. The summed E-state index contributed by atoms with van der Waals surface area (Å²) in [6.07, 6.45) is 0. The second kappa shape index (κ2) is 5.49. The first-order valence-corrected chi connectivity index (χ1v) is 6.02. The number of nitrogens with two attached hydrogens (primary N) is 1. The van der Waals surface area contributed by atoms with E-state index in [1.54, 1.807) is 0 Å². The third-order valence-electron chi connectivity index (χ3n) is 3.20. The van der Waals surface area contributed by atoms with Gasteiger partial charge in [0.15, 0.2) is 0 Å². The van der Waals surface area contributed by atoms with Crippen molar-refractivity contribution < 1.29 is 9.84 Å². The zero-order valence-corrected chi connectivity index (χ0v) is 10.2. The van der Waals surface area contributed by atoms with Crippen LogP contribution in [0.3, 0.4) is 0 Å². The van der Waals surface area contributed by atoms with Gasteiger partial charge in [0.05, 0.1) is 25.9 Å². The molecule has 1 fully saturated rings. The van der Waals surface area contributed by atoms with Gasteiger partial charge in [0, 0.05) is 18.8 Å². The van der Waals surface area contributed by atoms with Crippen LogP contribution in [0.2, 0.25) is 0 Å². The molecule has 0 bridgehead atoms. The Kier molecular flexibility index (Phi) is 3.99. The highest BCUT2D eigenvalue weighted by Gasteiger charge is 2.14. The van der Waals surface area contributed by atoms with E-state index in [4.69, 9.17) is 15.6 Å². The topological polar surface area (TPSA) is 58.7 Å². The summed E-state index contributed by atoms with van der Waals surface area (Å²) < 4.78 is 5.35. The number of aliphatic hydroxyl groups is 1. The van der Waals surface area contributed by atoms with Gasteiger partial charge < -0.3 is 20.5 Å². The van der Waals surface area contributed by atoms with Gasteiger partial charge in [-0.15, -0.1) is 0 Å². The lowest BCUT2D eigenvalue weighted by Gasteiger charge is -2.30. The van der Waals surface area contributed by atoms with Crippen LogP contribution in [0, 0.1) is 6.92 Å². The minimum absolute atomic E-state index is 0.0175. The molecule has 4 heteroatoms. The van der Waals surface area contributed by atoms with Crippen molar-refractivity contribution in [2.24, 2.45) is 5.73 Å². The second-order valence-corrected chi connectivity index (χ2v) is 4.43. The summed E-state index contributed by atoms with van der Waals surface area (Å²) in [5.74, 6) is 0. The first kappa shape index (κ1) is 12.4. The number of rotatable bonds is 3. The van der Waals surface area contributed by atoms with Gasteiger partial charge in [0.25, 0.3) is 0 Å². The van der Waals surface area contributed by atoms with E-state index in [1.807, 2.05) is 6.07 Å². The molecule has 94 valence electrons. The number of hydrogen-bond donors (Lipinski definition) is 2. The largest absolute Gasteiger partial charge is 0.394 e. The van der Waals surface area contributed by atoms with Gasteiger partial charge in [-0.3, -0.25) is 0 Å². The van der Waals surface area contributed by atoms with Crippen molar-refractivity contribution in [1.82, 2.24) is 0 Å². The molecule has 1 atom stereocenters. The van der Waals surface area contributed by atoms with Gasteiger partial charge in [0.1, 0.15) is 0 Å². The van der Waals surface area contributed by atoms with E-state index in [1.165, 1.54) is 11.3 Å². The van der Waals surface area contributed by atoms with Gasteiger partial charge in [0.2, 0.25) is 0 Å². The molecule has 4 nitrogen and oxygen atoms in total. The molecule has 1 aliphatic rings. The molecule has 3 N–H and O–H groups in total. The highest BCUT2D eigenvalue weighted by molar-refractivity contribution is 5.55. The number of aliphatic hydroxyl groups excluding tert-OH is 1. The number of morpholine rings is 1. The smallest absolute Gasteiger partial charge is 0.0642 e. The van der Waals surface area contributed by atoms with Gasteiger partial charge in [-0.25, -0.2) is 0 Å². The monoisotopic (exact) mass is 236 g/mol. The number of hydrogen-bond acceptors (Lipinski definition) is 4. The second-order valence-electron chi connectivity index (χ2n) is 4.43. The molecule has 1 aromatic rings. The summed E-state index contributed by atoms with van der Waals surface area (Å²) in [5, 5.41) is 9.05. The van der Waals surface area contributed by atoms with Crippen molar-refractivity contribution in [2.45, 2.75) is 13.0 Å². The Bertz CT molecular complexity index is 376. The molecule has 1 saturated heterocycles. The van der Waals surface area contributed by atoms with Crippen LogP contribution in [0.5, 0.6) is 0 Å². The van der Waals surface area contributed by atoms with Crippen molar-refractivity contribution in [3.05, 3.63) is 29.3 Å². The summed E-state index contributed by atoms with van der Waals surface area (Å²) in [4.78, 5) is 2.33. The Morgan fingerprint density at radius 3 is 2.71 bits per heavy atom. The lowest BCUT2D eigenvalue weighted by molar-refractivity contribution is 0.122. The maximum atomic E-state index is 9.05. The number of benzene rings is 1. The fourth-order valence-corrected chi connectivity index (χ4v) is 2.17. The van der Waals surface area contributed by atoms with Crippen LogP contribution in [-0.2, 0) is 4.74 Å². The quantitative estimate of drug-likeness (QED) is 0.816. The van der Waals surface area contributed by atoms with Crippen LogP contribution in [0.25, 0.3) is 0 Å². The molecule has 0 radical (unpaired) electrons. The molecule has 1 aliphatic heterocycles. The molecule has 0 aromatic heterocycles. The molecule has 0 saturated carbocycles. The van der Waals surface area contributed by atoms with Crippen LogP contribution in [0.1, 0.15) is 17.2 Å². The Morgan fingerprint density at radius 1 is 1.41 bits per heavy atom. The number of aryl methyl sites for hydroxylation is 1. The average molecular weight is 236 g/mol. The van der Waals surface area contributed by atoms with Crippen molar-refractivity contribution in [3.8, 4) is 0 Å². The Morgan fingerprint density at radius 2 is 2.12 bits per heavy atom. The molecular formula is C13H20N2O2.